The SMILES string of the molecule is NCC(=O)N(CC(=O)N1CCC(C(N)=O)CC1)C(=O)CN1CCCC1=O. The van der Waals surface area contributed by atoms with Crippen molar-refractivity contribution >= 4 is 29.5 Å². The average Bonchev–Trinajstić information content (AvgIpc) is 3.03. The van der Waals surface area contributed by atoms with Gasteiger partial charge >= 0.3 is 0 Å². The Balaban J connectivity index is 1.95. The number of likely N-dealkylation sites (tertiary alicyclic amines) is 2. The van der Waals surface area contributed by atoms with Gasteiger partial charge in [-0.1, -0.05) is 0 Å². The standard InChI is InChI=1S/C16H25N5O5/c17-8-13(23)21(15(25)9-20-5-1-2-12(20)22)10-14(24)19-6-3-11(4-7-19)16(18)26/h11H,1-10,17H2,(H2,18,26). The highest BCUT2D eigenvalue weighted by Gasteiger charge is 2.31. The predicted molar refractivity (Wildman–Crippen MR) is 90.1 cm³/mol. The van der Waals surface area contributed by atoms with E-state index in [1.54, 1.807) is 0 Å². The van der Waals surface area contributed by atoms with Crippen LogP contribution in [0.4, 0.5) is 0 Å². The second-order valence-electron chi connectivity index (χ2n) is 6.55. The molecule has 5 amide bonds. The largest absolute Gasteiger partial charge is 0.369 e. The third kappa shape index (κ3) is 4.78. The van der Waals surface area contributed by atoms with E-state index in [0.29, 0.717) is 45.3 Å². The van der Waals surface area contributed by atoms with Gasteiger partial charge in [-0.25, -0.2) is 0 Å². The molecule has 0 aromatic heterocycles. The summed E-state index contributed by atoms with van der Waals surface area (Å²) in [6.07, 6.45) is 1.97. The van der Waals surface area contributed by atoms with Crippen molar-refractivity contribution < 1.29 is 24.0 Å². The van der Waals surface area contributed by atoms with E-state index >= 15 is 0 Å². The minimum Gasteiger partial charge on any atom is -0.369 e. The maximum absolute atomic E-state index is 12.5. The van der Waals surface area contributed by atoms with Crippen LogP contribution in [0.15, 0.2) is 0 Å². The van der Waals surface area contributed by atoms with Crippen LogP contribution >= 0.6 is 0 Å². The lowest BCUT2D eigenvalue weighted by Crippen LogP contribution is -2.52. The highest BCUT2D eigenvalue weighted by Crippen LogP contribution is 2.17. The lowest BCUT2D eigenvalue weighted by molar-refractivity contribution is -0.151. The molecule has 26 heavy (non-hydrogen) atoms. The molecule has 0 radical (unpaired) electrons. The molecule has 2 saturated heterocycles. The van der Waals surface area contributed by atoms with Gasteiger partial charge in [-0.05, 0) is 19.3 Å². The molecule has 0 aromatic carbocycles. The Morgan fingerprint density at radius 3 is 2.23 bits per heavy atom. The molecule has 10 heteroatoms. The van der Waals surface area contributed by atoms with Crippen molar-refractivity contribution in [2.24, 2.45) is 17.4 Å². The normalized spacial score (nSPS) is 18.1. The Morgan fingerprint density at radius 1 is 1.08 bits per heavy atom. The first-order valence-corrected chi connectivity index (χ1v) is 8.71. The van der Waals surface area contributed by atoms with E-state index in [1.165, 1.54) is 9.80 Å². The zero-order valence-corrected chi connectivity index (χ0v) is 14.7. The summed E-state index contributed by atoms with van der Waals surface area (Å²) >= 11 is 0. The fourth-order valence-electron chi connectivity index (χ4n) is 3.19. The molecule has 2 rings (SSSR count). The number of hydrogen-bond donors (Lipinski definition) is 2. The summed E-state index contributed by atoms with van der Waals surface area (Å²) in [7, 11) is 0. The molecule has 2 aliphatic rings. The Morgan fingerprint density at radius 2 is 1.73 bits per heavy atom. The van der Waals surface area contributed by atoms with Gasteiger partial charge in [0, 0.05) is 32.0 Å². The van der Waals surface area contributed by atoms with Crippen LogP contribution in [0.25, 0.3) is 0 Å². The van der Waals surface area contributed by atoms with Gasteiger partial charge in [0.05, 0.1) is 6.54 Å². The van der Waals surface area contributed by atoms with Gasteiger partial charge in [0.25, 0.3) is 0 Å². The molecular weight excluding hydrogens is 342 g/mol. The molecule has 0 spiro atoms. The molecule has 0 atom stereocenters. The second kappa shape index (κ2) is 8.75. The van der Waals surface area contributed by atoms with Gasteiger partial charge in [-0.2, -0.15) is 0 Å². The number of primary amides is 1. The minimum absolute atomic E-state index is 0.140. The molecule has 2 heterocycles. The van der Waals surface area contributed by atoms with Gasteiger partial charge in [0.1, 0.15) is 13.1 Å². The van der Waals surface area contributed by atoms with Gasteiger partial charge in [-0.15, -0.1) is 0 Å². The molecule has 144 valence electrons. The van der Waals surface area contributed by atoms with E-state index in [0.717, 1.165) is 4.90 Å². The van der Waals surface area contributed by atoms with Crippen molar-refractivity contribution in [2.45, 2.75) is 25.7 Å². The average molecular weight is 367 g/mol. The smallest absolute Gasteiger partial charge is 0.249 e. The monoisotopic (exact) mass is 367 g/mol. The van der Waals surface area contributed by atoms with Crippen LogP contribution in [-0.4, -0.2) is 83.5 Å². The van der Waals surface area contributed by atoms with E-state index in [-0.39, 0.29) is 24.3 Å². The van der Waals surface area contributed by atoms with Crippen molar-refractivity contribution in [3.63, 3.8) is 0 Å². The summed E-state index contributed by atoms with van der Waals surface area (Å²) in [6, 6.07) is 0. The van der Waals surface area contributed by atoms with Crippen LogP contribution in [0.2, 0.25) is 0 Å². The first-order chi connectivity index (χ1) is 12.3. The molecule has 10 nitrogen and oxygen atoms in total. The van der Waals surface area contributed by atoms with Crippen LogP contribution in [0.3, 0.4) is 0 Å². The number of nitrogens with two attached hydrogens (primary N) is 2. The third-order valence-electron chi connectivity index (χ3n) is 4.82. The van der Waals surface area contributed by atoms with Crippen LogP contribution in [0, 0.1) is 5.92 Å². The number of carbonyl (C=O) groups excluding carboxylic acids is 5. The Hall–Kier alpha value is -2.49. The molecular formula is C16H25N5O5. The Kier molecular flexibility index (Phi) is 6.67. The number of amides is 5. The molecule has 0 aromatic rings. The van der Waals surface area contributed by atoms with Crippen LogP contribution in [0.1, 0.15) is 25.7 Å². The summed E-state index contributed by atoms with van der Waals surface area (Å²) in [4.78, 5) is 63.4. The van der Waals surface area contributed by atoms with E-state index in [4.69, 9.17) is 11.5 Å². The number of rotatable bonds is 6. The van der Waals surface area contributed by atoms with Crippen LogP contribution in [-0.2, 0) is 24.0 Å². The lowest BCUT2D eigenvalue weighted by atomic mass is 9.96. The predicted octanol–water partition coefficient (Wildman–Crippen LogP) is -2.35. The molecule has 4 N–H and O–H groups in total. The van der Waals surface area contributed by atoms with E-state index < -0.39 is 30.8 Å². The van der Waals surface area contributed by atoms with E-state index in [9.17, 15) is 24.0 Å². The quantitative estimate of drug-likeness (QED) is 0.537. The van der Waals surface area contributed by atoms with E-state index in [2.05, 4.69) is 0 Å². The third-order valence-corrected chi connectivity index (χ3v) is 4.82. The first kappa shape index (κ1) is 19.8. The zero-order chi connectivity index (χ0) is 19.3. The first-order valence-electron chi connectivity index (χ1n) is 8.71. The summed E-state index contributed by atoms with van der Waals surface area (Å²) < 4.78 is 0. The van der Waals surface area contributed by atoms with Gasteiger partial charge in [0.15, 0.2) is 0 Å². The number of carbonyl (C=O) groups is 5. The van der Waals surface area contributed by atoms with Crippen molar-refractivity contribution in [3.05, 3.63) is 0 Å². The maximum Gasteiger partial charge on any atom is 0.249 e. The summed E-state index contributed by atoms with van der Waals surface area (Å²) in [5, 5.41) is 0. The van der Waals surface area contributed by atoms with Crippen LogP contribution in [0.5, 0.6) is 0 Å². The molecule has 0 unspecified atom stereocenters. The summed E-state index contributed by atoms with van der Waals surface area (Å²) in [6.45, 7) is 0.0893. The molecule has 0 bridgehead atoms. The van der Waals surface area contributed by atoms with Gasteiger partial charge in [0.2, 0.25) is 29.5 Å². The Labute approximate surface area is 151 Å². The zero-order valence-electron chi connectivity index (χ0n) is 14.7. The molecule has 0 saturated carbocycles. The van der Waals surface area contributed by atoms with Gasteiger partial charge < -0.3 is 21.3 Å². The van der Waals surface area contributed by atoms with Crippen molar-refractivity contribution in [3.8, 4) is 0 Å². The Bertz CT molecular complexity index is 600. The molecule has 2 aliphatic heterocycles. The number of piperidine rings is 1. The lowest BCUT2D eigenvalue weighted by Gasteiger charge is -2.32. The summed E-state index contributed by atoms with van der Waals surface area (Å²) in [5.74, 6) is -2.46. The van der Waals surface area contributed by atoms with Crippen molar-refractivity contribution in [1.82, 2.24) is 14.7 Å². The number of imide groups is 1. The maximum atomic E-state index is 12.5. The second-order valence-corrected chi connectivity index (χ2v) is 6.55. The van der Waals surface area contributed by atoms with Crippen molar-refractivity contribution in [1.29, 1.82) is 0 Å². The van der Waals surface area contributed by atoms with Crippen molar-refractivity contribution in [2.75, 3.05) is 39.3 Å². The topological polar surface area (TPSA) is 147 Å². The van der Waals surface area contributed by atoms with Crippen LogP contribution < -0.4 is 11.5 Å². The fourth-order valence-corrected chi connectivity index (χ4v) is 3.19. The number of hydrogen-bond acceptors (Lipinski definition) is 6. The minimum atomic E-state index is -0.665. The number of nitrogens with zero attached hydrogens (tertiary/aromatic N) is 3. The molecule has 0 aliphatic carbocycles. The van der Waals surface area contributed by atoms with E-state index in [1.807, 2.05) is 0 Å². The highest BCUT2D eigenvalue weighted by molar-refractivity contribution is 6.01. The molecule has 2 fully saturated rings. The van der Waals surface area contributed by atoms with Gasteiger partial charge in [-0.3, -0.25) is 28.9 Å². The highest BCUT2D eigenvalue weighted by atomic mass is 16.2. The fraction of sp³-hybridized carbons (Fsp3) is 0.688. The summed E-state index contributed by atoms with van der Waals surface area (Å²) in [5.41, 5.74) is 10.6.